The van der Waals surface area contributed by atoms with E-state index in [2.05, 4.69) is 11.8 Å². The topological polar surface area (TPSA) is 86.2 Å². The lowest BCUT2D eigenvalue weighted by atomic mass is 10.1. The lowest BCUT2D eigenvalue weighted by Gasteiger charge is -1.99. The van der Waals surface area contributed by atoms with Crippen LogP contribution in [0.15, 0.2) is 12.1 Å². The Morgan fingerprint density at radius 2 is 2.26 bits per heavy atom. The Bertz CT molecular complexity index is 578. The van der Waals surface area contributed by atoms with E-state index in [9.17, 15) is 19.3 Å². The maximum Gasteiger partial charge on any atom is 0.293 e. The molecule has 0 bridgehead atoms. The van der Waals surface area contributed by atoms with Crippen molar-refractivity contribution < 1.29 is 14.1 Å². The number of rotatable bonds is 3. The van der Waals surface area contributed by atoms with Crippen molar-refractivity contribution >= 4 is 28.3 Å². The number of nitrogens with two attached hydrogens (primary N) is 1. The predicted molar refractivity (Wildman–Crippen MR) is 72.1 cm³/mol. The molecule has 1 aromatic rings. The minimum Gasteiger partial charge on any atom is -0.393 e. The molecule has 0 fully saturated rings. The molecule has 0 atom stereocenters. The van der Waals surface area contributed by atoms with Gasteiger partial charge in [-0.1, -0.05) is 23.6 Å². The Balaban J connectivity index is 2.84. The summed E-state index contributed by atoms with van der Waals surface area (Å²) in [6, 6.07) is 1.89. The number of nitro benzene ring substituents is 1. The fourth-order valence-corrected chi connectivity index (χ4v) is 1.73. The van der Waals surface area contributed by atoms with E-state index in [1.54, 1.807) is 0 Å². The summed E-state index contributed by atoms with van der Waals surface area (Å²) < 4.78 is 13.5. The van der Waals surface area contributed by atoms with Crippen molar-refractivity contribution in [3.63, 3.8) is 0 Å². The summed E-state index contributed by atoms with van der Waals surface area (Å²) in [5.41, 5.74) is 4.65. The van der Waals surface area contributed by atoms with Crippen molar-refractivity contribution in [3.05, 3.63) is 33.6 Å². The van der Waals surface area contributed by atoms with Crippen molar-refractivity contribution in [1.29, 1.82) is 0 Å². The van der Waals surface area contributed by atoms with Crippen LogP contribution in [0, 0.1) is 27.8 Å². The van der Waals surface area contributed by atoms with Crippen LogP contribution in [0.1, 0.15) is 18.9 Å². The Kier molecular flexibility index (Phi) is 5.33. The fraction of sp³-hybridized carbons (Fsp3) is 0.250. The van der Waals surface area contributed by atoms with Crippen LogP contribution >= 0.6 is 11.8 Å². The third-order valence-corrected chi connectivity index (χ3v) is 2.88. The monoisotopic (exact) mass is 282 g/mol. The molecular formula is C12H11FN2O3S. The van der Waals surface area contributed by atoms with Gasteiger partial charge in [0.15, 0.2) is 5.12 Å². The van der Waals surface area contributed by atoms with Crippen LogP contribution in [0.25, 0.3) is 0 Å². The van der Waals surface area contributed by atoms with Gasteiger partial charge in [0.25, 0.3) is 5.69 Å². The third kappa shape index (κ3) is 4.60. The molecule has 7 heteroatoms. The number of hydrogen-bond donors (Lipinski definition) is 1. The Labute approximate surface area is 113 Å². The summed E-state index contributed by atoms with van der Waals surface area (Å²) >= 11 is 1.12. The molecule has 5 nitrogen and oxygen atoms in total. The largest absolute Gasteiger partial charge is 0.393 e. The van der Waals surface area contributed by atoms with E-state index in [0.717, 1.165) is 23.9 Å². The zero-order valence-electron chi connectivity index (χ0n) is 10.1. The predicted octanol–water partition coefficient (Wildman–Crippen LogP) is 2.34. The van der Waals surface area contributed by atoms with E-state index in [4.69, 9.17) is 5.73 Å². The van der Waals surface area contributed by atoms with Crippen molar-refractivity contribution in [3.8, 4) is 11.8 Å². The Morgan fingerprint density at radius 3 is 2.84 bits per heavy atom. The number of nitrogens with zero attached hydrogens (tertiary/aromatic N) is 1. The van der Waals surface area contributed by atoms with Gasteiger partial charge >= 0.3 is 0 Å². The smallest absolute Gasteiger partial charge is 0.293 e. The van der Waals surface area contributed by atoms with Gasteiger partial charge in [-0.3, -0.25) is 14.9 Å². The molecule has 0 radical (unpaired) electrons. The minimum atomic E-state index is -0.699. The molecule has 1 aromatic carbocycles. The fourth-order valence-electron chi connectivity index (χ4n) is 1.23. The van der Waals surface area contributed by atoms with E-state index < -0.39 is 10.7 Å². The molecule has 0 aliphatic heterocycles. The SMILES string of the molecule is CC(=O)SCCC#Cc1cc([N+](=O)[O-])c(N)cc1F. The highest BCUT2D eigenvalue weighted by atomic mass is 32.2. The first-order valence-electron chi connectivity index (χ1n) is 5.27. The molecule has 0 heterocycles. The molecule has 0 aromatic heterocycles. The Hall–Kier alpha value is -2.07. The van der Waals surface area contributed by atoms with Gasteiger partial charge in [-0.2, -0.15) is 0 Å². The molecule has 1 rings (SSSR count). The van der Waals surface area contributed by atoms with Crippen LogP contribution in [0.2, 0.25) is 0 Å². The summed E-state index contributed by atoms with van der Waals surface area (Å²) in [5, 5.41) is 10.6. The van der Waals surface area contributed by atoms with E-state index >= 15 is 0 Å². The second-order valence-corrected chi connectivity index (χ2v) is 4.81. The van der Waals surface area contributed by atoms with Gasteiger partial charge in [0.2, 0.25) is 0 Å². The standard InChI is InChI=1S/C12H11FN2O3S/c1-8(16)19-5-3-2-4-9-6-12(15(17)18)11(14)7-10(9)13/h6-7H,3,5,14H2,1H3. The zero-order valence-corrected chi connectivity index (χ0v) is 10.9. The van der Waals surface area contributed by atoms with E-state index in [1.807, 2.05) is 0 Å². The minimum absolute atomic E-state index is 0.0175. The number of hydrogen-bond acceptors (Lipinski definition) is 5. The summed E-state index contributed by atoms with van der Waals surface area (Å²) in [7, 11) is 0. The second-order valence-electron chi connectivity index (χ2n) is 3.54. The lowest BCUT2D eigenvalue weighted by Crippen LogP contribution is -1.98. The molecule has 19 heavy (non-hydrogen) atoms. The third-order valence-electron chi connectivity index (χ3n) is 2.07. The summed E-state index contributed by atoms with van der Waals surface area (Å²) in [6.07, 6.45) is 0.391. The first-order chi connectivity index (χ1) is 8.91. The normalized spacial score (nSPS) is 9.58. The van der Waals surface area contributed by atoms with Gasteiger partial charge in [-0.15, -0.1) is 0 Å². The molecule has 0 saturated carbocycles. The number of nitrogen functional groups attached to an aromatic ring is 1. The van der Waals surface area contributed by atoms with Gasteiger partial charge in [-0.05, 0) is 0 Å². The second kappa shape index (κ2) is 6.75. The highest BCUT2D eigenvalue weighted by Crippen LogP contribution is 2.24. The molecule has 0 spiro atoms. The van der Waals surface area contributed by atoms with Crippen LogP contribution in [0.4, 0.5) is 15.8 Å². The van der Waals surface area contributed by atoms with Gasteiger partial charge in [0, 0.05) is 31.2 Å². The van der Waals surface area contributed by atoms with Crippen molar-refractivity contribution in [2.45, 2.75) is 13.3 Å². The zero-order chi connectivity index (χ0) is 14.4. The molecule has 0 aliphatic rings. The van der Waals surface area contributed by atoms with Crippen LogP contribution in [0.5, 0.6) is 0 Å². The van der Waals surface area contributed by atoms with Crippen LogP contribution in [0.3, 0.4) is 0 Å². The van der Waals surface area contributed by atoms with Crippen molar-refractivity contribution in [2.24, 2.45) is 0 Å². The van der Waals surface area contributed by atoms with Gasteiger partial charge in [0.05, 0.1) is 10.5 Å². The van der Waals surface area contributed by atoms with Crippen LogP contribution in [-0.4, -0.2) is 15.8 Å². The summed E-state index contributed by atoms with van der Waals surface area (Å²) in [6.45, 7) is 1.45. The summed E-state index contributed by atoms with van der Waals surface area (Å²) in [5.74, 6) is 4.96. The van der Waals surface area contributed by atoms with Gasteiger partial charge in [-0.25, -0.2) is 4.39 Å². The van der Waals surface area contributed by atoms with Crippen molar-refractivity contribution in [2.75, 3.05) is 11.5 Å². The van der Waals surface area contributed by atoms with Crippen LogP contribution in [-0.2, 0) is 4.79 Å². The molecule has 2 N–H and O–H groups in total. The molecule has 0 unspecified atom stereocenters. The van der Waals surface area contributed by atoms with Gasteiger partial charge < -0.3 is 5.73 Å². The van der Waals surface area contributed by atoms with E-state index in [1.165, 1.54) is 6.92 Å². The lowest BCUT2D eigenvalue weighted by molar-refractivity contribution is -0.384. The molecule has 0 amide bonds. The highest BCUT2D eigenvalue weighted by Gasteiger charge is 2.15. The highest BCUT2D eigenvalue weighted by molar-refractivity contribution is 8.13. The first kappa shape index (κ1) is 15.0. The van der Waals surface area contributed by atoms with E-state index in [-0.39, 0.29) is 22.1 Å². The maximum absolute atomic E-state index is 13.5. The van der Waals surface area contributed by atoms with E-state index in [0.29, 0.717) is 12.2 Å². The van der Waals surface area contributed by atoms with Crippen molar-refractivity contribution in [1.82, 2.24) is 0 Å². The molecule has 100 valence electrons. The number of nitro groups is 1. The summed E-state index contributed by atoms with van der Waals surface area (Å²) in [4.78, 5) is 20.6. The average molecular weight is 282 g/mol. The first-order valence-corrected chi connectivity index (χ1v) is 6.26. The average Bonchev–Trinajstić information content (AvgIpc) is 2.30. The number of benzene rings is 1. The number of carbonyl (C=O) groups is 1. The van der Waals surface area contributed by atoms with Crippen LogP contribution < -0.4 is 5.73 Å². The molecular weight excluding hydrogens is 271 g/mol. The molecule has 0 aliphatic carbocycles. The number of anilines is 1. The number of thioether (sulfide) groups is 1. The quantitative estimate of drug-likeness (QED) is 0.302. The number of halogens is 1. The number of carbonyl (C=O) groups excluding carboxylic acids is 1. The molecule has 0 saturated heterocycles. The Morgan fingerprint density at radius 1 is 1.58 bits per heavy atom. The maximum atomic E-state index is 13.5. The van der Waals surface area contributed by atoms with Gasteiger partial charge in [0.1, 0.15) is 11.5 Å².